The van der Waals surface area contributed by atoms with Crippen LogP contribution in [0.1, 0.15) is 30.1 Å². The van der Waals surface area contributed by atoms with E-state index in [-0.39, 0.29) is 11.8 Å². The molecule has 0 aromatic carbocycles. The van der Waals surface area contributed by atoms with E-state index in [0.717, 1.165) is 12.8 Å². The van der Waals surface area contributed by atoms with Gasteiger partial charge in [-0.3, -0.25) is 9.59 Å². The molecule has 0 unspecified atom stereocenters. The van der Waals surface area contributed by atoms with E-state index in [1.54, 1.807) is 18.3 Å². The fraction of sp³-hybridized carbons (Fsp3) is 0.533. The van der Waals surface area contributed by atoms with E-state index in [2.05, 4.69) is 10.3 Å². The predicted molar refractivity (Wildman–Crippen MR) is 78.1 cm³/mol. The van der Waals surface area contributed by atoms with Crippen LogP contribution in [0, 0.1) is 5.92 Å². The number of carbonyl (C=O) groups is 2. The van der Waals surface area contributed by atoms with Crippen LogP contribution in [-0.2, 0) is 4.79 Å². The van der Waals surface area contributed by atoms with Crippen molar-refractivity contribution in [2.24, 2.45) is 5.92 Å². The summed E-state index contributed by atoms with van der Waals surface area (Å²) in [5.41, 5.74) is 0.500. The van der Waals surface area contributed by atoms with Crippen molar-refractivity contribution >= 4 is 11.8 Å². The van der Waals surface area contributed by atoms with Gasteiger partial charge in [-0.2, -0.15) is 0 Å². The lowest BCUT2D eigenvalue weighted by Gasteiger charge is -2.32. The standard InChI is InChI=1S/C15H21N3O3/c1-11(19)17-10-12-5-8-18(9-6-12)15(20)13-4-3-7-16-14(13)21-2/h3-4,7,12H,5-6,8-10H2,1-2H3,(H,17,19). The molecule has 0 atom stereocenters. The lowest BCUT2D eigenvalue weighted by molar-refractivity contribution is -0.119. The quantitative estimate of drug-likeness (QED) is 0.901. The van der Waals surface area contributed by atoms with Crippen LogP contribution in [0.2, 0.25) is 0 Å². The largest absolute Gasteiger partial charge is 0.480 e. The molecule has 1 aromatic rings. The highest BCUT2D eigenvalue weighted by Gasteiger charge is 2.25. The second-order valence-corrected chi connectivity index (χ2v) is 5.23. The molecule has 0 bridgehead atoms. The summed E-state index contributed by atoms with van der Waals surface area (Å²) in [6.07, 6.45) is 3.40. The van der Waals surface area contributed by atoms with Crippen molar-refractivity contribution in [3.63, 3.8) is 0 Å². The molecule has 1 saturated heterocycles. The number of aromatic nitrogens is 1. The Balaban J connectivity index is 1.92. The third-order valence-electron chi connectivity index (χ3n) is 3.74. The molecule has 6 heteroatoms. The van der Waals surface area contributed by atoms with Crippen molar-refractivity contribution in [2.45, 2.75) is 19.8 Å². The Bertz CT molecular complexity index is 511. The fourth-order valence-corrected chi connectivity index (χ4v) is 2.51. The molecule has 114 valence electrons. The van der Waals surface area contributed by atoms with Crippen LogP contribution in [0.4, 0.5) is 0 Å². The molecule has 1 N–H and O–H groups in total. The van der Waals surface area contributed by atoms with E-state index >= 15 is 0 Å². The first-order valence-corrected chi connectivity index (χ1v) is 7.14. The van der Waals surface area contributed by atoms with Gasteiger partial charge in [-0.05, 0) is 30.9 Å². The molecule has 2 rings (SSSR count). The van der Waals surface area contributed by atoms with Gasteiger partial charge in [0.25, 0.3) is 5.91 Å². The summed E-state index contributed by atoms with van der Waals surface area (Å²) >= 11 is 0. The molecular weight excluding hydrogens is 270 g/mol. The second kappa shape index (κ2) is 7.06. The molecule has 2 heterocycles. The maximum atomic E-state index is 12.5. The van der Waals surface area contributed by atoms with E-state index in [1.165, 1.54) is 14.0 Å². The number of rotatable bonds is 4. The first kappa shape index (κ1) is 15.3. The Labute approximate surface area is 124 Å². The van der Waals surface area contributed by atoms with Gasteiger partial charge in [0.1, 0.15) is 5.56 Å². The highest BCUT2D eigenvalue weighted by Crippen LogP contribution is 2.21. The molecule has 6 nitrogen and oxygen atoms in total. The van der Waals surface area contributed by atoms with Crippen molar-refractivity contribution in [1.29, 1.82) is 0 Å². The molecule has 1 aliphatic rings. The Morgan fingerprint density at radius 3 is 2.76 bits per heavy atom. The molecule has 1 aliphatic heterocycles. The summed E-state index contributed by atoms with van der Waals surface area (Å²) < 4.78 is 5.14. The van der Waals surface area contributed by atoms with Gasteiger partial charge in [0.2, 0.25) is 11.8 Å². The van der Waals surface area contributed by atoms with Gasteiger partial charge in [0, 0.05) is 32.8 Å². The van der Waals surface area contributed by atoms with Gasteiger partial charge < -0.3 is 15.0 Å². The predicted octanol–water partition coefficient (Wildman–Crippen LogP) is 1.08. The molecule has 0 spiro atoms. The number of pyridine rings is 1. The second-order valence-electron chi connectivity index (χ2n) is 5.23. The van der Waals surface area contributed by atoms with Crippen LogP contribution in [0.5, 0.6) is 5.88 Å². The minimum atomic E-state index is -0.0436. The monoisotopic (exact) mass is 291 g/mol. The summed E-state index contributed by atoms with van der Waals surface area (Å²) in [6.45, 7) is 3.60. The number of ether oxygens (including phenoxy) is 1. The van der Waals surface area contributed by atoms with Crippen LogP contribution in [0.15, 0.2) is 18.3 Å². The number of hydrogen-bond acceptors (Lipinski definition) is 4. The molecule has 0 aliphatic carbocycles. The third kappa shape index (κ3) is 3.93. The molecular formula is C15H21N3O3. The summed E-state index contributed by atoms with van der Waals surface area (Å²) in [6, 6.07) is 3.47. The van der Waals surface area contributed by atoms with E-state index in [9.17, 15) is 9.59 Å². The Morgan fingerprint density at radius 1 is 1.43 bits per heavy atom. The molecule has 0 saturated carbocycles. The zero-order valence-electron chi connectivity index (χ0n) is 12.5. The SMILES string of the molecule is COc1ncccc1C(=O)N1CCC(CNC(C)=O)CC1. The lowest BCUT2D eigenvalue weighted by atomic mass is 9.96. The van der Waals surface area contributed by atoms with Crippen molar-refractivity contribution < 1.29 is 14.3 Å². The van der Waals surface area contributed by atoms with Crippen LogP contribution in [0.3, 0.4) is 0 Å². The number of nitrogens with one attached hydrogen (secondary N) is 1. The molecule has 2 amide bonds. The number of nitrogens with zero attached hydrogens (tertiary/aromatic N) is 2. The van der Waals surface area contributed by atoms with Gasteiger partial charge >= 0.3 is 0 Å². The van der Waals surface area contributed by atoms with Crippen LogP contribution < -0.4 is 10.1 Å². The number of carbonyl (C=O) groups excluding carboxylic acids is 2. The van der Waals surface area contributed by atoms with Crippen molar-refractivity contribution in [3.05, 3.63) is 23.9 Å². The summed E-state index contributed by atoms with van der Waals surface area (Å²) in [4.78, 5) is 29.3. The maximum Gasteiger partial charge on any atom is 0.259 e. The summed E-state index contributed by atoms with van der Waals surface area (Å²) in [5.74, 6) is 0.753. The van der Waals surface area contributed by atoms with Gasteiger partial charge in [-0.1, -0.05) is 0 Å². The summed E-state index contributed by atoms with van der Waals surface area (Å²) in [5, 5.41) is 2.84. The van der Waals surface area contributed by atoms with Gasteiger partial charge in [-0.25, -0.2) is 4.98 Å². The number of likely N-dealkylation sites (tertiary alicyclic amines) is 1. The minimum absolute atomic E-state index is 0.00592. The highest BCUT2D eigenvalue weighted by atomic mass is 16.5. The number of piperidine rings is 1. The van der Waals surface area contributed by atoms with Crippen molar-refractivity contribution in [3.8, 4) is 5.88 Å². The zero-order chi connectivity index (χ0) is 15.2. The van der Waals surface area contributed by atoms with Crippen molar-refractivity contribution in [1.82, 2.24) is 15.2 Å². The molecule has 0 radical (unpaired) electrons. The average molecular weight is 291 g/mol. The van der Waals surface area contributed by atoms with Gasteiger partial charge in [-0.15, -0.1) is 0 Å². The van der Waals surface area contributed by atoms with E-state index in [1.807, 2.05) is 4.90 Å². The number of methoxy groups -OCH3 is 1. The van der Waals surface area contributed by atoms with Crippen LogP contribution >= 0.6 is 0 Å². The first-order chi connectivity index (χ1) is 10.1. The van der Waals surface area contributed by atoms with E-state index in [4.69, 9.17) is 4.74 Å². The van der Waals surface area contributed by atoms with E-state index in [0.29, 0.717) is 37.0 Å². The zero-order valence-corrected chi connectivity index (χ0v) is 12.5. The molecule has 21 heavy (non-hydrogen) atoms. The average Bonchev–Trinajstić information content (AvgIpc) is 2.52. The Hall–Kier alpha value is -2.11. The highest BCUT2D eigenvalue weighted by molar-refractivity contribution is 5.96. The number of amides is 2. The fourth-order valence-electron chi connectivity index (χ4n) is 2.51. The smallest absolute Gasteiger partial charge is 0.259 e. The van der Waals surface area contributed by atoms with Gasteiger partial charge in [0.15, 0.2) is 0 Å². The minimum Gasteiger partial charge on any atom is -0.480 e. The molecule has 1 fully saturated rings. The summed E-state index contributed by atoms with van der Waals surface area (Å²) in [7, 11) is 1.51. The van der Waals surface area contributed by atoms with Crippen LogP contribution in [0.25, 0.3) is 0 Å². The third-order valence-corrected chi connectivity index (χ3v) is 3.74. The van der Waals surface area contributed by atoms with Crippen LogP contribution in [-0.4, -0.2) is 48.4 Å². The Kier molecular flexibility index (Phi) is 5.14. The lowest BCUT2D eigenvalue weighted by Crippen LogP contribution is -2.41. The van der Waals surface area contributed by atoms with E-state index < -0.39 is 0 Å². The topological polar surface area (TPSA) is 71.5 Å². The first-order valence-electron chi connectivity index (χ1n) is 7.14. The Morgan fingerprint density at radius 2 is 2.14 bits per heavy atom. The maximum absolute atomic E-state index is 12.5. The van der Waals surface area contributed by atoms with Gasteiger partial charge in [0.05, 0.1) is 7.11 Å². The normalized spacial score (nSPS) is 15.6. The van der Waals surface area contributed by atoms with Crippen molar-refractivity contribution in [2.75, 3.05) is 26.7 Å². The molecule has 1 aromatic heterocycles. The number of hydrogen-bond donors (Lipinski definition) is 1.